The molecule has 0 saturated carbocycles. The van der Waals surface area contributed by atoms with Crippen LogP contribution in [0.25, 0.3) is 0 Å². The Balaban J connectivity index is 2.18. The van der Waals surface area contributed by atoms with Gasteiger partial charge in [-0.3, -0.25) is 9.59 Å². The van der Waals surface area contributed by atoms with E-state index in [0.717, 1.165) is 12.8 Å². The standard InChI is InChI=1S/C14H18O3/c1-2-17-14(16)11-13(15)10-6-9-12-7-4-3-5-8-12/h3-5,7-8H,2,6,9-11H2,1H3. The van der Waals surface area contributed by atoms with Crippen molar-refractivity contribution in [1.29, 1.82) is 0 Å². The number of aryl methyl sites for hydroxylation is 1. The van der Waals surface area contributed by atoms with Gasteiger partial charge in [-0.2, -0.15) is 0 Å². The number of carbonyl (C=O) groups excluding carboxylic acids is 2. The molecule has 0 radical (unpaired) electrons. The molecule has 1 aromatic carbocycles. The molecular weight excluding hydrogens is 216 g/mol. The molecular formula is C14H18O3. The molecule has 0 saturated heterocycles. The number of esters is 1. The summed E-state index contributed by atoms with van der Waals surface area (Å²) in [6.07, 6.45) is 1.99. The molecule has 0 aliphatic heterocycles. The van der Waals surface area contributed by atoms with Crippen LogP contribution in [0.5, 0.6) is 0 Å². The number of benzene rings is 1. The third kappa shape index (κ3) is 5.85. The quantitative estimate of drug-likeness (QED) is 0.538. The van der Waals surface area contributed by atoms with Gasteiger partial charge in [-0.05, 0) is 25.3 Å². The molecule has 0 atom stereocenters. The molecule has 3 heteroatoms. The van der Waals surface area contributed by atoms with Crippen molar-refractivity contribution in [2.45, 2.75) is 32.6 Å². The van der Waals surface area contributed by atoms with Crippen molar-refractivity contribution in [3.63, 3.8) is 0 Å². The number of ether oxygens (including phenoxy) is 1. The normalized spacial score (nSPS) is 9.94. The Morgan fingerprint density at radius 3 is 2.53 bits per heavy atom. The third-order valence-corrected chi connectivity index (χ3v) is 2.41. The van der Waals surface area contributed by atoms with Crippen molar-refractivity contribution in [2.24, 2.45) is 0 Å². The predicted molar refractivity (Wildman–Crippen MR) is 65.6 cm³/mol. The second kappa shape index (κ2) is 7.60. The van der Waals surface area contributed by atoms with E-state index in [1.54, 1.807) is 6.92 Å². The summed E-state index contributed by atoms with van der Waals surface area (Å²) in [6, 6.07) is 10.0. The molecule has 0 aromatic heterocycles. The Morgan fingerprint density at radius 2 is 1.88 bits per heavy atom. The van der Waals surface area contributed by atoms with Crippen LogP contribution in [0.15, 0.2) is 30.3 Å². The number of ketones is 1. The molecule has 92 valence electrons. The molecule has 0 aliphatic carbocycles. The Hall–Kier alpha value is -1.64. The zero-order valence-corrected chi connectivity index (χ0v) is 10.1. The lowest BCUT2D eigenvalue weighted by Crippen LogP contribution is -2.11. The van der Waals surface area contributed by atoms with E-state index in [9.17, 15) is 9.59 Å². The summed E-state index contributed by atoms with van der Waals surface area (Å²) in [5.41, 5.74) is 1.22. The number of rotatable bonds is 7. The van der Waals surface area contributed by atoms with Crippen LogP contribution in [0.4, 0.5) is 0 Å². The zero-order chi connectivity index (χ0) is 12.5. The van der Waals surface area contributed by atoms with Crippen LogP contribution in [0.3, 0.4) is 0 Å². The van der Waals surface area contributed by atoms with E-state index < -0.39 is 5.97 Å². The van der Waals surface area contributed by atoms with Crippen molar-refractivity contribution < 1.29 is 14.3 Å². The maximum absolute atomic E-state index is 11.4. The molecule has 17 heavy (non-hydrogen) atoms. The molecule has 0 bridgehead atoms. The van der Waals surface area contributed by atoms with Crippen LogP contribution in [0.2, 0.25) is 0 Å². The van der Waals surface area contributed by atoms with Crippen LogP contribution in [-0.4, -0.2) is 18.4 Å². The summed E-state index contributed by atoms with van der Waals surface area (Å²) >= 11 is 0. The Kier molecular flexibility index (Phi) is 6.00. The third-order valence-electron chi connectivity index (χ3n) is 2.41. The average Bonchev–Trinajstić information content (AvgIpc) is 2.30. The summed E-state index contributed by atoms with van der Waals surface area (Å²) < 4.78 is 4.72. The van der Waals surface area contributed by atoms with E-state index in [4.69, 9.17) is 4.74 Å². The first-order valence-electron chi connectivity index (χ1n) is 5.93. The Morgan fingerprint density at radius 1 is 1.18 bits per heavy atom. The van der Waals surface area contributed by atoms with Crippen LogP contribution in [0, 0.1) is 0 Å². The molecule has 1 aromatic rings. The molecule has 0 unspecified atom stereocenters. The highest BCUT2D eigenvalue weighted by atomic mass is 16.5. The average molecular weight is 234 g/mol. The monoisotopic (exact) mass is 234 g/mol. The van der Waals surface area contributed by atoms with Crippen molar-refractivity contribution in [1.82, 2.24) is 0 Å². The van der Waals surface area contributed by atoms with E-state index in [0.29, 0.717) is 13.0 Å². The van der Waals surface area contributed by atoms with Crippen molar-refractivity contribution in [2.75, 3.05) is 6.61 Å². The van der Waals surface area contributed by atoms with Crippen LogP contribution in [-0.2, 0) is 20.7 Å². The first-order chi connectivity index (χ1) is 8.22. The maximum Gasteiger partial charge on any atom is 0.313 e. The van der Waals surface area contributed by atoms with E-state index in [1.165, 1.54) is 5.56 Å². The topological polar surface area (TPSA) is 43.4 Å². The number of carbonyl (C=O) groups is 2. The molecule has 0 spiro atoms. The second-order valence-corrected chi connectivity index (χ2v) is 3.86. The SMILES string of the molecule is CCOC(=O)CC(=O)CCCc1ccccc1. The maximum atomic E-state index is 11.4. The molecule has 3 nitrogen and oxygen atoms in total. The van der Waals surface area contributed by atoms with Gasteiger partial charge in [0.1, 0.15) is 12.2 Å². The fraction of sp³-hybridized carbons (Fsp3) is 0.429. The summed E-state index contributed by atoms with van der Waals surface area (Å²) in [4.78, 5) is 22.5. The van der Waals surface area contributed by atoms with Gasteiger partial charge in [0.2, 0.25) is 0 Å². The summed E-state index contributed by atoms with van der Waals surface area (Å²) in [5.74, 6) is -0.461. The lowest BCUT2D eigenvalue weighted by atomic mass is 10.1. The van der Waals surface area contributed by atoms with E-state index in [1.807, 2.05) is 30.3 Å². The molecule has 1 rings (SSSR count). The van der Waals surface area contributed by atoms with Gasteiger partial charge in [-0.25, -0.2) is 0 Å². The summed E-state index contributed by atoms with van der Waals surface area (Å²) in [7, 11) is 0. The van der Waals surface area contributed by atoms with Gasteiger partial charge in [0.25, 0.3) is 0 Å². The summed E-state index contributed by atoms with van der Waals surface area (Å²) in [5, 5.41) is 0. The zero-order valence-electron chi connectivity index (χ0n) is 10.1. The Labute approximate surface area is 102 Å². The van der Waals surface area contributed by atoms with Gasteiger partial charge in [0, 0.05) is 6.42 Å². The number of hydrogen-bond acceptors (Lipinski definition) is 3. The van der Waals surface area contributed by atoms with Crippen molar-refractivity contribution >= 4 is 11.8 Å². The number of hydrogen-bond donors (Lipinski definition) is 0. The molecule has 0 amide bonds. The lowest BCUT2D eigenvalue weighted by Gasteiger charge is -2.02. The fourth-order valence-corrected chi connectivity index (χ4v) is 1.60. The summed E-state index contributed by atoms with van der Waals surface area (Å²) in [6.45, 7) is 2.06. The van der Waals surface area contributed by atoms with Crippen LogP contribution in [0.1, 0.15) is 31.7 Å². The number of Topliss-reactive ketones (excluding diaryl/α,β-unsaturated/α-hetero) is 1. The highest BCUT2D eigenvalue weighted by molar-refractivity contribution is 5.95. The van der Waals surface area contributed by atoms with Crippen molar-refractivity contribution in [3.8, 4) is 0 Å². The van der Waals surface area contributed by atoms with Gasteiger partial charge in [0.15, 0.2) is 0 Å². The molecule has 0 fully saturated rings. The van der Waals surface area contributed by atoms with E-state index in [2.05, 4.69) is 0 Å². The van der Waals surface area contributed by atoms with E-state index in [-0.39, 0.29) is 12.2 Å². The highest BCUT2D eigenvalue weighted by Crippen LogP contribution is 2.06. The van der Waals surface area contributed by atoms with Gasteiger partial charge >= 0.3 is 5.97 Å². The second-order valence-electron chi connectivity index (χ2n) is 3.86. The van der Waals surface area contributed by atoms with Gasteiger partial charge in [-0.1, -0.05) is 30.3 Å². The van der Waals surface area contributed by atoms with Crippen molar-refractivity contribution in [3.05, 3.63) is 35.9 Å². The predicted octanol–water partition coefficient (Wildman–Crippen LogP) is 2.53. The smallest absolute Gasteiger partial charge is 0.313 e. The first-order valence-corrected chi connectivity index (χ1v) is 5.93. The first kappa shape index (κ1) is 13.4. The Bertz CT molecular complexity index is 357. The molecule has 0 heterocycles. The highest BCUT2D eigenvalue weighted by Gasteiger charge is 2.09. The molecule has 0 N–H and O–H groups in total. The van der Waals surface area contributed by atoms with Crippen LogP contribution >= 0.6 is 0 Å². The minimum atomic E-state index is -0.419. The van der Waals surface area contributed by atoms with Gasteiger partial charge < -0.3 is 4.74 Å². The van der Waals surface area contributed by atoms with E-state index >= 15 is 0 Å². The fourth-order valence-electron chi connectivity index (χ4n) is 1.60. The minimum absolute atomic E-state index is 0.0422. The van der Waals surface area contributed by atoms with Gasteiger partial charge in [-0.15, -0.1) is 0 Å². The van der Waals surface area contributed by atoms with Gasteiger partial charge in [0.05, 0.1) is 6.61 Å². The van der Waals surface area contributed by atoms with Crippen LogP contribution < -0.4 is 0 Å². The lowest BCUT2D eigenvalue weighted by molar-refractivity contribution is -0.145. The minimum Gasteiger partial charge on any atom is -0.466 e. The largest absolute Gasteiger partial charge is 0.466 e. The molecule has 0 aliphatic rings.